The second-order valence-electron chi connectivity index (χ2n) is 1.82. The molecule has 0 aliphatic carbocycles. The molecule has 0 aliphatic heterocycles. The summed E-state index contributed by atoms with van der Waals surface area (Å²) in [6, 6.07) is 0. The van der Waals surface area contributed by atoms with E-state index in [0.717, 1.165) is 0 Å². The highest BCUT2D eigenvalue weighted by atomic mass is 16.6. The fourth-order valence-electron chi connectivity index (χ4n) is 0.486. The molecule has 0 unspecified atom stereocenters. The molecule has 0 atom stereocenters. The van der Waals surface area contributed by atoms with Gasteiger partial charge in [-0.1, -0.05) is 0 Å². The highest BCUT2D eigenvalue weighted by Gasteiger charge is 2.01. The Morgan fingerprint density at radius 1 is 1.40 bits per heavy atom. The van der Waals surface area contributed by atoms with Crippen molar-refractivity contribution in [2.24, 2.45) is 0 Å². The zero-order valence-corrected chi connectivity index (χ0v) is 5.79. The standard InChI is InChI=1S/C6H10O4/c1-10-6(9)4-2-3-5(7)8/h2-4H2,1H3,(H,7,8)/i5+1,6+1. The zero-order chi connectivity index (χ0) is 7.98. The molecule has 0 amide bonds. The minimum atomic E-state index is -0.885. The van der Waals surface area contributed by atoms with Crippen LogP contribution in [0, 0.1) is 0 Å². The molecule has 0 heterocycles. The molecule has 58 valence electrons. The first-order valence-electron chi connectivity index (χ1n) is 2.95. The number of carboxylic acids is 1. The van der Waals surface area contributed by atoms with Crippen molar-refractivity contribution in [3.8, 4) is 0 Å². The maximum Gasteiger partial charge on any atom is 0.305 e. The summed E-state index contributed by atoms with van der Waals surface area (Å²) < 4.78 is 4.30. The van der Waals surface area contributed by atoms with Crippen molar-refractivity contribution in [1.29, 1.82) is 0 Å². The molecule has 0 bridgehead atoms. The molecule has 1 N–H and O–H groups in total. The SMILES string of the molecule is CO[13C](=O)CCC[13C](=O)O. The summed E-state index contributed by atoms with van der Waals surface area (Å²) in [5, 5.41) is 8.15. The van der Waals surface area contributed by atoms with Crippen molar-refractivity contribution >= 4 is 11.9 Å². The molecule has 0 radical (unpaired) electrons. The molecule has 4 heteroatoms. The molecule has 0 fully saturated rings. The molecule has 0 aromatic rings. The maximum atomic E-state index is 10.4. The monoisotopic (exact) mass is 148 g/mol. The minimum absolute atomic E-state index is 0.0229. The molecular weight excluding hydrogens is 138 g/mol. The highest BCUT2D eigenvalue weighted by molar-refractivity contribution is 5.71. The normalized spacial score (nSPS) is 8.90. The average molecular weight is 148 g/mol. The smallest absolute Gasteiger partial charge is 0.305 e. The fraction of sp³-hybridized carbons (Fsp3) is 0.667. The maximum absolute atomic E-state index is 10.4. The van der Waals surface area contributed by atoms with Crippen molar-refractivity contribution in [3.63, 3.8) is 0 Å². The van der Waals surface area contributed by atoms with Gasteiger partial charge in [-0.25, -0.2) is 0 Å². The van der Waals surface area contributed by atoms with E-state index in [9.17, 15) is 9.59 Å². The largest absolute Gasteiger partial charge is 0.481 e. The summed E-state index contributed by atoms with van der Waals surface area (Å²) >= 11 is 0. The van der Waals surface area contributed by atoms with Crippen molar-refractivity contribution in [2.75, 3.05) is 7.11 Å². The van der Waals surface area contributed by atoms with Gasteiger partial charge in [-0.15, -0.1) is 0 Å². The van der Waals surface area contributed by atoms with E-state index in [4.69, 9.17) is 5.11 Å². The number of carboxylic acid groups (broad SMARTS) is 1. The topological polar surface area (TPSA) is 63.6 Å². The predicted octanol–water partition coefficient (Wildman–Crippen LogP) is 0.414. The Hall–Kier alpha value is -1.06. The number of methoxy groups -OCH3 is 1. The second kappa shape index (κ2) is 4.78. The fourth-order valence-corrected chi connectivity index (χ4v) is 0.486. The molecule has 0 aliphatic rings. The van der Waals surface area contributed by atoms with E-state index in [0.29, 0.717) is 6.42 Å². The van der Waals surface area contributed by atoms with Crippen LogP contribution in [0.5, 0.6) is 0 Å². The van der Waals surface area contributed by atoms with E-state index in [1.54, 1.807) is 0 Å². The van der Waals surface area contributed by atoms with Crippen LogP contribution < -0.4 is 0 Å². The first-order chi connectivity index (χ1) is 4.66. The number of esters is 1. The number of aliphatic carboxylic acids is 1. The van der Waals surface area contributed by atoms with Gasteiger partial charge in [0, 0.05) is 12.8 Å². The zero-order valence-electron chi connectivity index (χ0n) is 5.79. The van der Waals surface area contributed by atoms with Gasteiger partial charge in [-0.2, -0.15) is 0 Å². The van der Waals surface area contributed by atoms with Crippen LogP contribution in [0.2, 0.25) is 0 Å². The number of hydrogen-bond donors (Lipinski definition) is 1. The van der Waals surface area contributed by atoms with Crippen LogP contribution in [0.25, 0.3) is 0 Å². The number of carbonyl (C=O) groups is 2. The molecule has 0 saturated carbocycles. The average Bonchev–Trinajstić information content (AvgIpc) is 1.87. The highest BCUT2D eigenvalue weighted by Crippen LogP contribution is 1.95. The lowest BCUT2D eigenvalue weighted by Gasteiger charge is -1.94. The Bertz CT molecular complexity index is 130. The summed E-state index contributed by atoms with van der Waals surface area (Å²) in [6.07, 6.45) is 0.555. The molecule has 10 heavy (non-hydrogen) atoms. The van der Waals surface area contributed by atoms with Gasteiger partial charge in [0.25, 0.3) is 0 Å². The Balaban J connectivity index is 3.20. The van der Waals surface area contributed by atoms with E-state index in [-0.39, 0.29) is 18.8 Å². The summed E-state index contributed by atoms with van der Waals surface area (Å²) in [6.45, 7) is 0. The third-order valence-corrected chi connectivity index (χ3v) is 0.999. The molecule has 0 aromatic carbocycles. The third-order valence-electron chi connectivity index (χ3n) is 0.999. The number of carbonyl (C=O) groups excluding carboxylic acids is 1. The summed E-state index contributed by atoms with van der Waals surface area (Å²) in [4.78, 5) is 20.3. The van der Waals surface area contributed by atoms with Crippen molar-refractivity contribution in [3.05, 3.63) is 0 Å². The molecule has 0 saturated heterocycles. The van der Waals surface area contributed by atoms with Gasteiger partial charge in [0.15, 0.2) is 0 Å². The lowest BCUT2D eigenvalue weighted by molar-refractivity contribution is -0.141. The summed E-state index contributed by atoms with van der Waals surface area (Å²) in [5.41, 5.74) is 0. The van der Waals surface area contributed by atoms with Crippen LogP contribution in [0.3, 0.4) is 0 Å². The Morgan fingerprint density at radius 2 is 2.00 bits per heavy atom. The van der Waals surface area contributed by atoms with E-state index in [1.807, 2.05) is 0 Å². The first-order valence-corrected chi connectivity index (χ1v) is 2.95. The minimum Gasteiger partial charge on any atom is -0.481 e. The van der Waals surface area contributed by atoms with Gasteiger partial charge in [0.1, 0.15) is 0 Å². The van der Waals surface area contributed by atoms with E-state index >= 15 is 0 Å². The summed E-state index contributed by atoms with van der Waals surface area (Å²) in [5.74, 6) is -1.25. The van der Waals surface area contributed by atoms with E-state index in [2.05, 4.69) is 4.74 Å². The Morgan fingerprint density at radius 3 is 2.40 bits per heavy atom. The van der Waals surface area contributed by atoms with Crippen molar-refractivity contribution in [2.45, 2.75) is 19.3 Å². The number of hydrogen-bond acceptors (Lipinski definition) is 3. The van der Waals surface area contributed by atoms with Gasteiger partial charge < -0.3 is 9.84 Å². The number of rotatable bonds is 4. The third kappa shape index (κ3) is 5.08. The van der Waals surface area contributed by atoms with Gasteiger partial charge >= 0.3 is 11.9 Å². The Kier molecular flexibility index (Phi) is 4.28. The quantitative estimate of drug-likeness (QED) is 0.463. The lowest BCUT2D eigenvalue weighted by atomic mass is 10.4. The van der Waals surface area contributed by atoms with Crippen LogP contribution >= 0.6 is 0 Å². The number of ether oxygens (including phenoxy) is 1. The first kappa shape index (κ1) is 8.94. The van der Waals surface area contributed by atoms with E-state index < -0.39 is 5.97 Å². The molecule has 0 rings (SSSR count). The van der Waals surface area contributed by atoms with Crippen LogP contribution in [0.1, 0.15) is 19.3 Å². The second-order valence-corrected chi connectivity index (χ2v) is 1.82. The van der Waals surface area contributed by atoms with Gasteiger partial charge in [0.05, 0.1) is 7.11 Å². The van der Waals surface area contributed by atoms with Gasteiger partial charge in [-0.3, -0.25) is 9.59 Å². The van der Waals surface area contributed by atoms with Crippen molar-refractivity contribution in [1.82, 2.24) is 0 Å². The van der Waals surface area contributed by atoms with Crippen LogP contribution in [0.4, 0.5) is 0 Å². The molecule has 0 spiro atoms. The van der Waals surface area contributed by atoms with Crippen LogP contribution in [0.15, 0.2) is 0 Å². The predicted molar refractivity (Wildman–Crippen MR) is 33.5 cm³/mol. The van der Waals surface area contributed by atoms with Gasteiger partial charge in [-0.05, 0) is 6.42 Å². The summed E-state index contributed by atoms with van der Waals surface area (Å²) in [7, 11) is 1.28. The van der Waals surface area contributed by atoms with Crippen molar-refractivity contribution < 1.29 is 19.4 Å². The lowest BCUT2D eigenvalue weighted by Crippen LogP contribution is -2.02. The van der Waals surface area contributed by atoms with Gasteiger partial charge in [0.2, 0.25) is 0 Å². The molecular formula is C6H10O4. The molecule has 0 aromatic heterocycles. The van der Waals surface area contributed by atoms with Crippen LogP contribution in [-0.4, -0.2) is 24.2 Å². The Labute approximate surface area is 58.8 Å². The van der Waals surface area contributed by atoms with Crippen LogP contribution in [-0.2, 0) is 14.3 Å². The molecule has 4 nitrogen and oxygen atoms in total. The van der Waals surface area contributed by atoms with E-state index in [1.165, 1.54) is 7.11 Å².